The molecule has 0 amide bonds. The van der Waals surface area contributed by atoms with Gasteiger partial charge in [-0.05, 0) is 13.0 Å². The molecule has 0 aromatic carbocycles. The maximum Gasteiger partial charge on any atom is 0.191 e. The number of aryl methyl sites for hydroxylation is 2. The summed E-state index contributed by atoms with van der Waals surface area (Å²) in [6.07, 6.45) is 3.69. The van der Waals surface area contributed by atoms with E-state index in [0.29, 0.717) is 5.75 Å². The minimum atomic E-state index is 0.108. The molecule has 6 heteroatoms. The van der Waals surface area contributed by atoms with Crippen LogP contribution in [0.5, 0.6) is 0 Å². The van der Waals surface area contributed by atoms with Crippen LogP contribution in [0.15, 0.2) is 23.6 Å². The van der Waals surface area contributed by atoms with Gasteiger partial charge in [0.25, 0.3) is 0 Å². The average molecular weight is 250 g/mol. The van der Waals surface area contributed by atoms with E-state index >= 15 is 0 Å². The number of Topliss-reactive ketones (excluding diaryl/α,β-unsaturated/α-hetero) is 1. The van der Waals surface area contributed by atoms with Gasteiger partial charge in [0.1, 0.15) is 5.82 Å². The highest BCUT2D eigenvalue weighted by molar-refractivity contribution is 7.99. The van der Waals surface area contributed by atoms with Gasteiger partial charge in [-0.25, -0.2) is 0 Å². The fourth-order valence-electron chi connectivity index (χ4n) is 1.40. The maximum absolute atomic E-state index is 11.9. The molecule has 0 aliphatic carbocycles. The number of nitrogens with zero attached hydrogens (tertiary/aromatic N) is 4. The molecule has 0 aliphatic rings. The predicted molar refractivity (Wildman–Crippen MR) is 66.2 cm³/mol. The maximum atomic E-state index is 11.9. The van der Waals surface area contributed by atoms with E-state index in [0.717, 1.165) is 16.5 Å². The average Bonchev–Trinajstić information content (AvgIpc) is 2.86. The molecule has 2 heterocycles. The van der Waals surface area contributed by atoms with Gasteiger partial charge in [0.15, 0.2) is 10.9 Å². The Morgan fingerprint density at radius 3 is 2.71 bits per heavy atom. The summed E-state index contributed by atoms with van der Waals surface area (Å²) in [6, 6.07) is 1.82. The molecule has 2 rings (SSSR count). The molecule has 90 valence electrons. The largest absolute Gasteiger partial charge is 0.357 e. The Balaban J connectivity index is 1.99. The van der Waals surface area contributed by atoms with Gasteiger partial charge in [0.2, 0.25) is 0 Å². The van der Waals surface area contributed by atoms with Gasteiger partial charge >= 0.3 is 0 Å². The quantitative estimate of drug-likeness (QED) is 0.608. The van der Waals surface area contributed by atoms with Crippen molar-refractivity contribution in [3.05, 3.63) is 29.8 Å². The third kappa shape index (κ3) is 2.58. The normalized spacial score (nSPS) is 10.8. The molecule has 17 heavy (non-hydrogen) atoms. The summed E-state index contributed by atoms with van der Waals surface area (Å²) in [6.45, 7) is 1.88. The van der Waals surface area contributed by atoms with Crippen LogP contribution in [0.2, 0.25) is 0 Å². The topological polar surface area (TPSA) is 52.7 Å². The zero-order valence-electron chi connectivity index (χ0n) is 10.0. The standard InChI is InChI=1S/C11H14N4OS/c1-8-12-13-11(15(8)3)17-7-10(16)9-4-5-14(2)6-9/h4-6H,7H2,1-3H3. The Bertz CT molecular complexity index is 543. The molecule has 0 aliphatic heterocycles. The lowest BCUT2D eigenvalue weighted by Crippen LogP contribution is -2.03. The second-order valence-electron chi connectivity index (χ2n) is 3.87. The first kappa shape index (κ1) is 11.9. The van der Waals surface area contributed by atoms with E-state index in [1.165, 1.54) is 11.8 Å². The van der Waals surface area contributed by atoms with Crippen molar-refractivity contribution in [1.29, 1.82) is 0 Å². The number of ketones is 1. The summed E-state index contributed by atoms with van der Waals surface area (Å²) >= 11 is 1.41. The fourth-order valence-corrected chi connectivity index (χ4v) is 2.25. The molecular weight excluding hydrogens is 236 g/mol. The third-order valence-corrected chi connectivity index (χ3v) is 3.56. The molecule has 5 nitrogen and oxygen atoms in total. The molecule has 0 radical (unpaired) electrons. The van der Waals surface area contributed by atoms with E-state index in [2.05, 4.69) is 10.2 Å². The van der Waals surface area contributed by atoms with Crippen LogP contribution >= 0.6 is 11.8 Å². The lowest BCUT2D eigenvalue weighted by molar-refractivity contribution is 0.102. The smallest absolute Gasteiger partial charge is 0.191 e. The van der Waals surface area contributed by atoms with Crippen LogP contribution in [0.3, 0.4) is 0 Å². The minimum absolute atomic E-state index is 0.108. The SMILES string of the molecule is Cc1nnc(SCC(=O)c2ccn(C)c2)n1C. The number of thioether (sulfide) groups is 1. The Kier molecular flexibility index (Phi) is 3.33. The lowest BCUT2D eigenvalue weighted by atomic mass is 10.2. The van der Waals surface area contributed by atoms with Crippen LogP contribution in [-0.4, -0.2) is 30.9 Å². The Labute approximate surface area is 104 Å². The first-order valence-corrected chi connectivity index (χ1v) is 6.20. The third-order valence-electron chi connectivity index (χ3n) is 2.54. The zero-order valence-corrected chi connectivity index (χ0v) is 10.9. The van der Waals surface area contributed by atoms with Crippen LogP contribution in [0.25, 0.3) is 0 Å². The fraction of sp³-hybridized carbons (Fsp3) is 0.364. The van der Waals surface area contributed by atoms with Crippen LogP contribution in [0.4, 0.5) is 0 Å². The number of rotatable bonds is 4. The van der Waals surface area contributed by atoms with Gasteiger partial charge in [-0.2, -0.15) is 0 Å². The summed E-state index contributed by atoms with van der Waals surface area (Å²) in [4.78, 5) is 11.9. The lowest BCUT2D eigenvalue weighted by Gasteiger charge is -2.00. The van der Waals surface area contributed by atoms with E-state index < -0.39 is 0 Å². The molecule has 0 unspecified atom stereocenters. The van der Waals surface area contributed by atoms with Crippen LogP contribution < -0.4 is 0 Å². The second-order valence-corrected chi connectivity index (χ2v) is 4.81. The van der Waals surface area contributed by atoms with Gasteiger partial charge in [-0.3, -0.25) is 4.79 Å². The predicted octanol–water partition coefficient (Wildman–Crippen LogP) is 1.44. The molecule has 0 atom stereocenters. The highest BCUT2D eigenvalue weighted by atomic mass is 32.2. The van der Waals surface area contributed by atoms with Crippen molar-refractivity contribution < 1.29 is 4.79 Å². The van der Waals surface area contributed by atoms with Crippen molar-refractivity contribution in [1.82, 2.24) is 19.3 Å². The van der Waals surface area contributed by atoms with Gasteiger partial charge in [-0.1, -0.05) is 11.8 Å². The molecule has 0 bridgehead atoms. The van der Waals surface area contributed by atoms with Gasteiger partial charge in [0, 0.05) is 32.1 Å². The molecule has 0 saturated carbocycles. The van der Waals surface area contributed by atoms with E-state index in [4.69, 9.17) is 0 Å². The first-order chi connectivity index (χ1) is 8.08. The minimum Gasteiger partial charge on any atom is -0.357 e. The Morgan fingerprint density at radius 1 is 1.41 bits per heavy atom. The Morgan fingerprint density at radius 2 is 2.18 bits per heavy atom. The van der Waals surface area contributed by atoms with Crippen molar-refractivity contribution in [3.8, 4) is 0 Å². The number of aromatic nitrogens is 4. The van der Waals surface area contributed by atoms with Crippen LogP contribution in [0, 0.1) is 6.92 Å². The summed E-state index contributed by atoms with van der Waals surface area (Å²) in [7, 11) is 3.79. The number of carbonyl (C=O) groups excluding carboxylic acids is 1. The molecule has 2 aromatic heterocycles. The van der Waals surface area contributed by atoms with Crippen molar-refractivity contribution in [2.24, 2.45) is 14.1 Å². The molecular formula is C11H14N4OS. The zero-order chi connectivity index (χ0) is 12.4. The van der Waals surface area contributed by atoms with Crippen LogP contribution in [-0.2, 0) is 14.1 Å². The summed E-state index contributed by atoms with van der Waals surface area (Å²) < 4.78 is 3.74. The van der Waals surface area contributed by atoms with E-state index in [-0.39, 0.29) is 5.78 Å². The number of hydrogen-bond donors (Lipinski definition) is 0. The number of hydrogen-bond acceptors (Lipinski definition) is 4. The molecule has 0 fully saturated rings. The second kappa shape index (κ2) is 4.75. The van der Waals surface area contributed by atoms with Crippen molar-refractivity contribution in [2.45, 2.75) is 12.1 Å². The molecule has 2 aromatic rings. The molecule has 0 spiro atoms. The Hall–Kier alpha value is -1.56. The first-order valence-electron chi connectivity index (χ1n) is 5.22. The highest BCUT2D eigenvalue weighted by Gasteiger charge is 2.11. The molecule has 0 N–H and O–H groups in total. The van der Waals surface area contributed by atoms with E-state index in [1.54, 1.807) is 0 Å². The van der Waals surface area contributed by atoms with Crippen LogP contribution in [0.1, 0.15) is 16.2 Å². The van der Waals surface area contributed by atoms with Crippen molar-refractivity contribution in [2.75, 3.05) is 5.75 Å². The highest BCUT2D eigenvalue weighted by Crippen LogP contribution is 2.17. The summed E-state index contributed by atoms with van der Waals surface area (Å²) in [5, 5.41) is 8.72. The van der Waals surface area contributed by atoms with Gasteiger partial charge in [-0.15, -0.1) is 10.2 Å². The molecule has 0 saturated heterocycles. The van der Waals surface area contributed by atoms with Crippen molar-refractivity contribution >= 4 is 17.5 Å². The summed E-state index contributed by atoms with van der Waals surface area (Å²) in [5.41, 5.74) is 0.735. The van der Waals surface area contributed by atoms with Gasteiger partial charge in [0.05, 0.1) is 5.75 Å². The van der Waals surface area contributed by atoms with E-state index in [9.17, 15) is 4.79 Å². The van der Waals surface area contributed by atoms with E-state index in [1.807, 2.05) is 48.6 Å². The number of carbonyl (C=O) groups is 1. The summed E-state index contributed by atoms with van der Waals surface area (Å²) in [5.74, 6) is 1.34. The van der Waals surface area contributed by atoms with Crippen molar-refractivity contribution in [3.63, 3.8) is 0 Å². The monoisotopic (exact) mass is 250 g/mol. The van der Waals surface area contributed by atoms with Gasteiger partial charge < -0.3 is 9.13 Å².